The lowest BCUT2D eigenvalue weighted by atomic mass is 9.97. The highest BCUT2D eigenvalue weighted by Crippen LogP contribution is 2.44. The number of amides is 1. The van der Waals surface area contributed by atoms with Crippen LogP contribution in [0.25, 0.3) is 10.2 Å². The number of methoxy groups -OCH3 is 2. The maximum atomic E-state index is 13.3. The summed E-state index contributed by atoms with van der Waals surface area (Å²) in [5.74, 6) is 3.86. The highest BCUT2D eigenvalue weighted by Gasteiger charge is 2.32. The van der Waals surface area contributed by atoms with Gasteiger partial charge in [-0.2, -0.15) is 0 Å². The van der Waals surface area contributed by atoms with Crippen molar-refractivity contribution in [2.75, 3.05) is 45.3 Å². The van der Waals surface area contributed by atoms with E-state index in [2.05, 4.69) is 4.90 Å². The van der Waals surface area contributed by atoms with Crippen LogP contribution < -0.4 is 14.4 Å². The number of anilines is 1. The summed E-state index contributed by atoms with van der Waals surface area (Å²) < 4.78 is 10.7. The van der Waals surface area contributed by atoms with E-state index >= 15 is 0 Å². The molecule has 7 nitrogen and oxygen atoms in total. The van der Waals surface area contributed by atoms with Crippen molar-refractivity contribution in [3.63, 3.8) is 0 Å². The number of fused-ring (bicyclic) bond motifs is 3. The molecule has 6 rings (SSSR count). The molecular formula is C26H30N4O3S. The summed E-state index contributed by atoms with van der Waals surface area (Å²) in [6, 6.07) is 5.36. The SMILES string of the molecule is COc1ccc(C(=O)N2CCN(c3nc(C4CC4)nc4sc5c(c34)CCCC5)CC2)c(OC)c1. The Bertz CT molecular complexity index is 1240. The van der Waals surface area contributed by atoms with E-state index < -0.39 is 0 Å². The van der Waals surface area contributed by atoms with Crippen molar-refractivity contribution >= 4 is 33.3 Å². The summed E-state index contributed by atoms with van der Waals surface area (Å²) in [4.78, 5) is 30.4. The summed E-state index contributed by atoms with van der Waals surface area (Å²) in [7, 11) is 3.20. The quantitative estimate of drug-likeness (QED) is 0.541. The third-order valence-electron chi connectivity index (χ3n) is 7.26. The van der Waals surface area contributed by atoms with Gasteiger partial charge in [-0.15, -0.1) is 11.3 Å². The van der Waals surface area contributed by atoms with E-state index in [0.717, 1.165) is 31.2 Å². The predicted molar refractivity (Wildman–Crippen MR) is 134 cm³/mol. The molecule has 3 aliphatic rings. The van der Waals surface area contributed by atoms with Crippen LogP contribution in [-0.4, -0.2) is 61.2 Å². The lowest BCUT2D eigenvalue weighted by Crippen LogP contribution is -2.49. The van der Waals surface area contributed by atoms with E-state index in [0.29, 0.717) is 36.1 Å². The first kappa shape index (κ1) is 21.6. The number of carbonyl (C=O) groups is 1. The van der Waals surface area contributed by atoms with Crippen molar-refractivity contribution in [1.29, 1.82) is 0 Å². The molecule has 0 spiro atoms. The molecule has 0 radical (unpaired) electrons. The Labute approximate surface area is 203 Å². The zero-order valence-corrected chi connectivity index (χ0v) is 20.6. The first-order valence-corrected chi connectivity index (χ1v) is 13.1. The number of hydrogen-bond acceptors (Lipinski definition) is 7. The molecule has 3 heterocycles. The Hall–Kier alpha value is -2.87. The number of aryl methyl sites for hydroxylation is 2. The minimum Gasteiger partial charge on any atom is -0.497 e. The van der Waals surface area contributed by atoms with E-state index in [1.807, 2.05) is 22.3 Å². The molecule has 2 aliphatic carbocycles. The lowest BCUT2D eigenvalue weighted by molar-refractivity contribution is 0.0743. The van der Waals surface area contributed by atoms with Gasteiger partial charge < -0.3 is 19.3 Å². The fourth-order valence-electron chi connectivity index (χ4n) is 5.17. The Kier molecular flexibility index (Phi) is 5.56. The molecule has 1 amide bonds. The highest BCUT2D eigenvalue weighted by molar-refractivity contribution is 7.19. The van der Waals surface area contributed by atoms with Gasteiger partial charge in [0.1, 0.15) is 28.0 Å². The number of thiophene rings is 1. The first-order valence-electron chi connectivity index (χ1n) is 12.2. The number of ether oxygens (including phenoxy) is 2. The van der Waals surface area contributed by atoms with Crippen molar-refractivity contribution in [2.24, 2.45) is 0 Å². The second-order valence-electron chi connectivity index (χ2n) is 9.42. The first-order chi connectivity index (χ1) is 16.7. The summed E-state index contributed by atoms with van der Waals surface area (Å²) >= 11 is 1.88. The molecule has 0 unspecified atom stereocenters. The largest absolute Gasteiger partial charge is 0.497 e. The van der Waals surface area contributed by atoms with Crippen molar-refractivity contribution in [2.45, 2.75) is 44.4 Å². The van der Waals surface area contributed by atoms with Crippen LogP contribution in [0.4, 0.5) is 5.82 Å². The van der Waals surface area contributed by atoms with Crippen LogP contribution in [0.2, 0.25) is 0 Å². The van der Waals surface area contributed by atoms with Crippen LogP contribution in [0, 0.1) is 0 Å². The van der Waals surface area contributed by atoms with Crippen LogP contribution in [-0.2, 0) is 12.8 Å². The molecule has 1 saturated heterocycles. The molecule has 0 N–H and O–H groups in total. The summed E-state index contributed by atoms with van der Waals surface area (Å²) in [6.07, 6.45) is 7.21. The zero-order chi connectivity index (χ0) is 23.2. The molecule has 0 bridgehead atoms. The molecule has 1 saturated carbocycles. The minimum atomic E-state index is -0.00132. The lowest BCUT2D eigenvalue weighted by Gasteiger charge is -2.36. The van der Waals surface area contributed by atoms with Crippen LogP contribution >= 0.6 is 11.3 Å². The number of rotatable bonds is 5. The molecule has 3 aromatic rings. The maximum absolute atomic E-state index is 13.3. The van der Waals surface area contributed by atoms with Gasteiger partial charge in [-0.05, 0) is 56.2 Å². The van der Waals surface area contributed by atoms with Crippen LogP contribution in [0.1, 0.15) is 58.2 Å². The van der Waals surface area contributed by atoms with Gasteiger partial charge in [-0.25, -0.2) is 9.97 Å². The molecule has 2 fully saturated rings. The summed E-state index contributed by atoms with van der Waals surface area (Å²) in [5, 5.41) is 1.28. The average molecular weight is 479 g/mol. The topological polar surface area (TPSA) is 67.8 Å². The Morgan fingerprint density at radius 3 is 2.56 bits per heavy atom. The Morgan fingerprint density at radius 1 is 1.03 bits per heavy atom. The smallest absolute Gasteiger partial charge is 0.257 e. The van der Waals surface area contributed by atoms with Gasteiger partial charge in [0.05, 0.1) is 25.2 Å². The fraction of sp³-hybridized carbons (Fsp3) is 0.500. The van der Waals surface area contributed by atoms with Crippen LogP contribution in [0.15, 0.2) is 18.2 Å². The predicted octanol–water partition coefficient (Wildman–Crippen LogP) is 4.43. The van der Waals surface area contributed by atoms with E-state index in [9.17, 15) is 4.79 Å². The van der Waals surface area contributed by atoms with Crippen LogP contribution in [0.5, 0.6) is 11.5 Å². The van der Waals surface area contributed by atoms with Gasteiger partial charge in [0.25, 0.3) is 5.91 Å². The van der Waals surface area contributed by atoms with E-state index in [4.69, 9.17) is 19.4 Å². The van der Waals surface area contributed by atoms with E-state index in [-0.39, 0.29) is 5.91 Å². The average Bonchev–Trinajstić information content (AvgIpc) is 3.68. The van der Waals surface area contributed by atoms with Gasteiger partial charge in [-0.3, -0.25) is 4.79 Å². The highest BCUT2D eigenvalue weighted by atomic mass is 32.1. The number of carbonyl (C=O) groups excluding carboxylic acids is 1. The number of hydrogen-bond donors (Lipinski definition) is 0. The van der Waals surface area contributed by atoms with Gasteiger partial charge in [0.15, 0.2) is 0 Å². The third kappa shape index (κ3) is 3.78. The second kappa shape index (κ2) is 8.73. The van der Waals surface area contributed by atoms with Gasteiger partial charge >= 0.3 is 0 Å². The summed E-state index contributed by atoms with van der Waals surface area (Å²) in [5.41, 5.74) is 2.05. The normalized spacial score (nSPS) is 18.2. The van der Waals surface area contributed by atoms with Crippen molar-refractivity contribution in [1.82, 2.24) is 14.9 Å². The molecule has 0 atom stereocenters. The van der Waals surface area contributed by atoms with Crippen molar-refractivity contribution in [3.8, 4) is 11.5 Å². The van der Waals surface area contributed by atoms with E-state index in [1.165, 1.54) is 52.8 Å². The second-order valence-corrected chi connectivity index (χ2v) is 10.5. The third-order valence-corrected chi connectivity index (χ3v) is 8.45. The van der Waals surface area contributed by atoms with Gasteiger partial charge in [-0.1, -0.05) is 0 Å². The monoisotopic (exact) mass is 478 g/mol. The molecule has 8 heteroatoms. The van der Waals surface area contributed by atoms with Gasteiger partial charge in [0.2, 0.25) is 0 Å². The molecule has 34 heavy (non-hydrogen) atoms. The standard InChI is InChI=1S/C26H30N4O3S/c1-32-17-9-10-18(20(15-17)33-2)26(31)30-13-11-29(12-14-30)24-22-19-5-3-4-6-21(19)34-25(22)28-23(27-24)16-7-8-16/h9-10,15-16H,3-8,11-14H2,1-2H3. The Morgan fingerprint density at radius 2 is 1.82 bits per heavy atom. The van der Waals surface area contributed by atoms with Crippen molar-refractivity contribution < 1.29 is 14.3 Å². The Balaban J connectivity index is 1.27. The van der Waals surface area contributed by atoms with E-state index in [1.54, 1.807) is 26.4 Å². The fourth-order valence-corrected chi connectivity index (χ4v) is 6.44. The number of benzene rings is 1. The number of nitrogens with zero attached hydrogens (tertiary/aromatic N) is 4. The maximum Gasteiger partial charge on any atom is 0.257 e. The molecule has 2 aromatic heterocycles. The van der Waals surface area contributed by atoms with Crippen LogP contribution in [0.3, 0.4) is 0 Å². The molecule has 1 aromatic carbocycles. The molecule has 178 valence electrons. The number of piperazine rings is 1. The molecular weight excluding hydrogens is 448 g/mol. The molecule has 1 aliphatic heterocycles. The zero-order valence-electron chi connectivity index (χ0n) is 19.8. The van der Waals surface area contributed by atoms with Crippen molar-refractivity contribution in [3.05, 3.63) is 40.0 Å². The van der Waals surface area contributed by atoms with Gasteiger partial charge in [0, 0.05) is 43.0 Å². The minimum absolute atomic E-state index is 0.00132. The summed E-state index contributed by atoms with van der Waals surface area (Å²) in [6.45, 7) is 2.85. The number of aromatic nitrogens is 2.